The second-order valence-electron chi connectivity index (χ2n) is 5.64. The molecular weight excluding hydrogens is 344 g/mol. The van der Waals surface area contributed by atoms with Gasteiger partial charge in [-0.25, -0.2) is 4.98 Å². The van der Waals surface area contributed by atoms with E-state index >= 15 is 0 Å². The Morgan fingerprint density at radius 1 is 1.15 bits per heavy atom. The van der Waals surface area contributed by atoms with Crippen molar-refractivity contribution in [1.82, 2.24) is 4.98 Å². The number of ether oxygens (including phenoxy) is 1. The van der Waals surface area contributed by atoms with Crippen LogP contribution in [0.15, 0.2) is 66.1 Å². The number of carbonyl (C=O) groups is 1. The Labute approximate surface area is 157 Å². The molecule has 1 heterocycles. The molecule has 0 aliphatic carbocycles. The number of rotatable bonds is 7. The third kappa shape index (κ3) is 5.04. The van der Waals surface area contributed by atoms with Crippen LogP contribution in [0.5, 0.6) is 5.75 Å². The topological polar surface area (TPSA) is 51.2 Å². The van der Waals surface area contributed by atoms with Crippen LogP contribution in [-0.4, -0.2) is 17.5 Å². The molecule has 1 aromatic heterocycles. The average Bonchev–Trinajstić information content (AvgIpc) is 3.14. The predicted octanol–water partition coefficient (Wildman–Crippen LogP) is 5.25. The Hall–Kier alpha value is -2.92. The zero-order valence-corrected chi connectivity index (χ0v) is 15.3. The van der Waals surface area contributed by atoms with Gasteiger partial charge < -0.3 is 4.74 Å². The molecule has 2 aromatic carbocycles. The monoisotopic (exact) mass is 364 g/mol. The van der Waals surface area contributed by atoms with Crippen molar-refractivity contribution < 1.29 is 9.53 Å². The molecule has 0 radical (unpaired) electrons. The van der Waals surface area contributed by atoms with E-state index in [-0.39, 0.29) is 5.91 Å². The van der Waals surface area contributed by atoms with Crippen LogP contribution in [0.25, 0.3) is 17.3 Å². The molecule has 132 valence electrons. The number of aromatic nitrogens is 1. The highest BCUT2D eigenvalue weighted by Crippen LogP contribution is 2.24. The lowest BCUT2D eigenvalue weighted by atomic mass is 10.2. The summed E-state index contributed by atoms with van der Waals surface area (Å²) >= 11 is 1.41. The minimum absolute atomic E-state index is 0.203. The molecular formula is C21H20N2O2S. The number of nitrogens with zero attached hydrogens (tertiary/aromatic N) is 1. The number of hydrogen-bond donors (Lipinski definition) is 1. The summed E-state index contributed by atoms with van der Waals surface area (Å²) in [5.74, 6) is 0.634. The molecule has 0 spiro atoms. The number of thiazole rings is 1. The highest BCUT2D eigenvalue weighted by Gasteiger charge is 2.06. The number of carbonyl (C=O) groups excluding carboxylic acids is 1. The zero-order chi connectivity index (χ0) is 18.2. The first-order valence-corrected chi connectivity index (χ1v) is 9.35. The highest BCUT2D eigenvalue weighted by molar-refractivity contribution is 7.14. The third-order valence-electron chi connectivity index (χ3n) is 3.58. The molecule has 1 N–H and O–H groups in total. The first-order chi connectivity index (χ1) is 12.7. The molecule has 26 heavy (non-hydrogen) atoms. The zero-order valence-electron chi connectivity index (χ0n) is 14.5. The molecule has 0 saturated heterocycles. The normalized spacial score (nSPS) is 10.8. The summed E-state index contributed by atoms with van der Waals surface area (Å²) in [5.41, 5.74) is 2.83. The van der Waals surface area contributed by atoms with Crippen molar-refractivity contribution in [1.29, 1.82) is 0 Å². The number of anilines is 1. The standard InChI is InChI=1S/C21H20N2O2S/c1-2-14-25-18-11-8-16(9-12-18)10-13-20(24)23-21-22-19(15-26-21)17-6-4-3-5-7-17/h3-13,15H,2,14H2,1H3,(H,22,23,24)/b13-10+. The Kier molecular flexibility index (Phi) is 6.17. The fourth-order valence-electron chi connectivity index (χ4n) is 2.29. The maximum atomic E-state index is 12.1. The quantitative estimate of drug-likeness (QED) is 0.583. The lowest BCUT2D eigenvalue weighted by molar-refractivity contribution is -0.111. The maximum Gasteiger partial charge on any atom is 0.250 e. The van der Waals surface area contributed by atoms with Gasteiger partial charge in [0.15, 0.2) is 5.13 Å². The molecule has 0 bridgehead atoms. The van der Waals surface area contributed by atoms with Crippen molar-refractivity contribution in [2.45, 2.75) is 13.3 Å². The summed E-state index contributed by atoms with van der Waals surface area (Å²) in [5, 5.41) is 5.32. The summed E-state index contributed by atoms with van der Waals surface area (Å²) in [6.07, 6.45) is 4.25. The van der Waals surface area contributed by atoms with Crippen LogP contribution in [0, 0.1) is 0 Å². The molecule has 4 nitrogen and oxygen atoms in total. The SMILES string of the molecule is CCCOc1ccc(/C=C/C(=O)Nc2nc(-c3ccccc3)cs2)cc1. The molecule has 0 saturated carbocycles. The number of nitrogens with one attached hydrogen (secondary N) is 1. The van der Waals surface area contributed by atoms with Gasteiger partial charge in [-0.2, -0.15) is 0 Å². The Bertz CT molecular complexity index is 871. The van der Waals surface area contributed by atoms with Crippen LogP contribution >= 0.6 is 11.3 Å². The first kappa shape index (κ1) is 17.9. The molecule has 3 rings (SSSR count). The molecule has 0 aliphatic heterocycles. The van der Waals surface area contributed by atoms with Crippen molar-refractivity contribution in [3.05, 3.63) is 71.6 Å². The third-order valence-corrected chi connectivity index (χ3v) is 4.34. The Balaban J connectivity index is 1.57. The molecule has 0 aliphatic rings. The van der Waals surface area contributed by atoms with E-state index in [1.807, 2.05) is 60.0 Å². The van der Waals surface area contributed by atoms with Crippen LogP contribution in [0.4, 0.5) is 5.13 Å². The van der Waals surface area contributed by atoms with Crippen molar-refractivity contribution in [2.24, 2.45) is 0 Å². The van der Waals surface area contributed by atoms with Gasteiger partial charge in [0.1, 0.15) is 5.75 Å². The molecule has 5 heteroatoms. The Morgan fingerprint density at radius 3 is 2.65 bits per heavy atom. The van der Waals surface area contributed by atoms with Gasteiger partial charge in [0.05, 0.1) is 12.3 Å². The predicted molar refractivity (Wildman–Crippen MR) is 107 cm³/mol. The van der Waals surface area contributed by atoms with E-state index in [2.05, 4.69) is 17.2 Å². The van der Waals surface area contributed by atoms with Crippen molar-refractivity contribution in [3.8, 4) is 17.0 Å². The van der Waals surface area contributed by atoms with E-state index in [4.69, 9.17) is 4.74 Å². The van der Waals surface area contributed by atoms with Gasteiger partial charge in [-0.05, 0) is 30.2 Å². The smallest absolute Gasteiger partial charge is 0.250 e. The largest absolute Gasteiger partial charge is 0.494 e. The molecule has 0 unspecified atom stereocenters. The first-order valence-electron chi connectivity index (χ1n) is 8.47. The highest BCUT2D eigenvalue weighted by atomic mass is 32.1. The minimum Gasteiger partial charge on any atom is -0.494 e. The summed E-state index contributed by atoms with van der Waals surface area (Å²) < 4.78 is 5.54. The molecule has 3 aromatic rings. The lowest BCUT2D eigenvalue weighted by Crippen LogP contribution is -2.07. The van der Waals surface area contributed by atoms with Crippen molar-refractivity contribution in [3.63, 3.8) is 0 Å². The van der Waals surface area contributed by atoms with Gasteiger partial charge >= 0.3 is 0 Å². The van der Waals surface area contributed by atoms with E-state index in [0.29, 0.717) is 11.7 Å². The number of hydrogen-bond acceptors (Lipinski definition) is 4. The molecule has 0 fully saturated rings. The van der Waals surface area contributed by atoms with Crippen molar-refractivity contribution >= 4 is 28.5 Å². The lowest BCUT2D eigenvalue weighted by Gasteiger charge is -2.04. The van der Waals surface area contributed by atoms with E-state index in [1.54, 1.807) is 6.08 Å². The minimum atomic E-state index is -0.203. The van der Waals surface area contributed by atoms with Crippen molar-refractivity contribution in [2.75, 3.05) is 11.9 Å². The number of amides is 1. The summed E-state index contributed by atoms with van der Waals surface area (Å²) in [6.45, 7) is 2.78. The van der Waals surface area contributed by atoms with Crippen LogP contribution in [0.3, 0.4) is 0 Å². The van der Waals surface area contributed by atoms with Crippen LogP contribution < -0.4 is 10.1 Å². The van der Waals surface area contributed by atoms with Gasteiger partial charge in [-0.15, -0.1) is 11.3 Å². The Morgan fingerprint density at radius 2 is 1.92 bits per heavy atom. The second kappa shape index (κ2) is 8.97. The van der Waals surface area contributed by atoms with Gasteiger partial charge in [-0.1, -0.05) is 49.4 Å². The van der Waals surface area contributed by atoms with E-state index in [0.717, 1.165) is 29.0 Å². The van der Waals surface area contributed by atoms with E-state index in [1.165, 1.54) is 17.4 Å². The van der Waals surface area contributed by atoms with Gasteiger partial charge in [0.25, 0.3) is 0 Å². The second-order valence-corrected chi connectivity index (χ2v) is 6.50. The fraction of sp³-hybridized carbons (Fsp3) is 0.143. The van der Waals surface area contributed by atoms with Gasteiger partial charge in [0.2, 0.25) is 5.91 Å². The number of benzene rings is 2. The molecule has 0 atom stereocenters. The van der Waals surface area contributed by atoms with Crippen LogP contribution in [0.2, 0.25) is 0 Å². The van der Waals surface area contributed by atoms with Crippen LogP contribution in [-0.2, 0) is 4.79 Å². The van der Waals surface area contributed by atoms with E-state index in [9.17, 15) is 4.79 Å². The summed E-state index contributed by atoms with van der Waals surface area (Å²) in [6, 6.07) is 17.5. The average molecular weight is 364 g/mol. The van der Waals surface area contributed by atoms with Gasteiger partial charge in [-0.3, -0.25) is 10.1 Å². The maximum absolute atomic E-state index is 12.1. The molecule has 1 amide bonds. The summed E-state index contributed by atoms with van der Waals surface area (Å²) in [7, 11) is 0. The fourth-order valence-corrected chi connectivity index (χ4v) is 3.01. The van der Waals surface area contributed by atoms with E-state index < -0.39 is 0 Å². The van der Waals surface area contributed by atoms with Gasteiger partial charge in [0, 0.05) is 17.0 Å². The summed E-state index contributed by atoms with van der Waals surface area (Å²) in [4.78, 5) is 16.5. The van der Waals surface area contributed by atoms with Crippen LogP contribution in [0.1, 0.15) is 18.9 Å².